The molecule has 0 saturated carbocycles. The Balaban J connectivity index is 1.69. The fourth-order valence-electron chi connectivity index (χ4n) is 3.43. The molecule has 2 heterocycles. The minimum Gasteiger partial charge on any atom is -0.341 e. The molecule has 1 saturated heterocycles. The molecular formula is C19H25FN4O4S2. The zero-order valence-electron chi connectivity index (χ0n) is 16.9. The third kappa shape index (κ3) is 5.38. The quantitative estimate of drug-likeness (QED) is 0.650. The summed E-state index contributed by atoms with van der Waals surface area (Å²) < 4.78 is 47.1. The second kappa shape index (κ2) is 9.88. The van der Waals surface area contributed by atoms with Crippen molar-refractivity contribution in [3.63, 3.8) is 0 Å². The summed E-state index contributed by atoms with van der Waals surface area (Å²) in [5.41, 5.74) is 0. The van der Waals surface area contributed by atoms with Gasteiger partial charge in [-0.2, -0.15) is 21.5 Å². The number of sulfonamides is 1. The van der Waals surface area contributed by atoms with Crippen molar-refractivity contribution in [3.8, 4) is 0 Å². The highest BCUT2D eigenvalue weighted by Gasteiger charge is 2.33. The van der Waals surface area contributed by atoms with E-state index in [2.05, 4.69) is 14.9 Å². The highest BCUT2D eigenvalue weighted by molar-refractivity contribution is 7.98. The minimum absolute atomic E-state index is 0.0787. The number of piperidine rings is 1. The first-order chi connectivity index (χ1) is 14.3. The number of halogens is 1. The first kappa shape index (κ1) is 22.7. The van der Waals surface area contributed by atoms with Crippen molar-refractivity contribution in [2.75, 3.05) is 25.1 Å². The average Bonchev–Trinajstić information content (AvgIpc) is 3.17. The summed E-state index contributed by atoms with van der Waals surface area (Å²) in [5, 5.41) is 3.81. The van der Waals surface area contributed by atoms with Crippen LogP contribution in [-0.4, -0.2) is 60.5 Å². The molecule has 164 valence electrons. The van der Waals surface area contributed by atoms with Crippen molar-refractivity contribution in [1.82, 2.24) is 19.8 Å². The number of carbonyl (C=O) groups is 1. The summed E-state index contributed by atoms with van der Waals surface area (Å²) in [6, 6.07) is 4.17. The Bertz CT molecular complexity index is 974. The number of carbonyl (C=O) groups excluding carboxylic acids is 1. The van der Waals surface area contributed by atoms with Crippen LogP contribution in [-0.2, 0) is 14.8 Å². The van der Waals surface area contributed by atoms with E-state index in [9.17, 15) is 17.6 Å². The lowest BCUT2D eigenvalue weighted by atomic mass is 9.96. The molecule has 0 aliphatic carbocycles. The molecule has 1 amide bonds. The molecule has 30 heavy (non-hydrogen) atoms. The molecule has 0 radical (unpaired) electrons. The fraction of sp³-hybridized carbons (Fsp3) is 0.526. The summed E-state index contributed by atoms with van der Waals surface area (Å²) in [5.74, 6) is 0.659. The summed E-state index contributed by atoms with van der Waals surface area (Å²) in [7, 11) is -4.17. The zero-order chi connectivity index (χ0) is 21.7. The van der Waals surface area contributed by atoms with Crippen LogP contribution in [0.1, 0.15) is 36.9 Å². The van der Waals surface area contributed by atoms with E-state index in [1.54, 1.807) is 11.8 Å². The van der Waals surface area contributed by atoms with E-state index < -0.39 is 26.8 Å². The van der Waals surface area contributed by atoms with Gasteiger partial charge in [0.2, 0.25) is 21.8 Å². The number of nitrogens with zero attached hydrogens (tertiary/aromatic N) is 3. The molecule has 2 aromatic rings. The number of rotatable bonds is 8. The van der Waals surface area contributed by atoms with Crippen LogP contribution in [0.5, 0.6) is 0 Å². The van der Waals surface area contributed by atoms with Crippen molar-refractivity contribution in [3.05, 3.63) is 41.8 Å². The third-order valence-electron chi connectivity index (χ3n) is 5.03. The van der Waals surface area contributed by atoms with Crippen LogP contribution in [0.4, 0.5) is 4.39 Å². The Kier molecular flexibility index (Phi) is 7.48. The molecule has 0 spiro atoms. The van der Waals surface area contributed by atoms with Crippen LogP contribution in [0.25, 0.3) is 0 Å². The first-order valence-electron chi connectivity index (χ1n) is 9.66. The van der Waals surface area contributed by atoms with Gasteiger partial charge in [0.1, 0.15) is 16.8 Å². The molecule has 11 heteroatoms. The number of thioether (sulfide) groups is 1. The van der Waals surface area contributed by atoms with E-state index in [1.165, 1.54) is 30.0 Å². The average molecular weight is 457 g/mol. The van der Waals surface area contributed by atoms with Gasteiger partial charge in [0.25, 0.3) is 0 Å². The van der Waals surface area contributed by atoms with Gasteiger partial charge in [0.05, 0.1) is 0 Å². The van der Waals surface area contributed by atoms with Crippen LogP contribution in [0.3, 0.4) is 0 Å². The molecule has 1 unspecified atom stereocenters. The Morgan fingerprint density at radius 3 is 2.67 bits per heavy atom. The van der Waals surface area contributed by atoms with Gasteiger partial charge in [0.15, 0.2) is 5.82 Å². The summed E-state index contributed by atoms with van der Waals surface area (Å²) in [4.78, 5) is 18.5. The van der Waals surface area contributed by atoms with Gasteiger partial charge >= 0.3 is 0 Å². The van der Waals surface area contributed by atoms with Gasteiger partial charge in [0, 0.05) is 19.0 Å². The number of hydrogen-bond acceptors (Lipinski definition) is 7. The third-order valence-corrected chi connectivity index (χ3v) is 7.18. The number of aryl methyl sites for hydroxylation is 1. The molecule has 1 aliphatic heterocycles. The molecule has 1 aromatic carbocycles. The van der Waals surface area contributed by atoms with Gasteiger partial charge in [-0.15, -0.1) is 0 Å². The van der Waals surface area contributed by atoms with Crippen molar-refractivity contribution in [1.29, 1.82) is 0 Å². The summed E-state index contributed by atoms with van der Waals surface area (Å²) >= 11 is 1.51. The number of likely N-dealkylation sites (tertiary alicyclic amines) is 1. The van der Waals surface area contributed by atoms with E-state index in [-0.39, 0.29) is 11.8 Å². The number of benzene rings is 1. The van der Waals surface area contributed by atoms with Crippen molar-refractivity contribution in [2.45, 2.75) is 43.0 Å². The zero-order valence-corrected chi connectivity index (χ0v) is 18.5. The maximum atomic E-state index is 14.0. The molecule has 1 aromatic heterocycles. The highest BCUT2D eigenvalue weighted by atomic mass is 32.2. The number of hydrogen-bond donors (Lipinski definition) is 1. The van der Waals surface area contributed by atoms with Crippen LogP contribution >= 0.6 is 11.8 Å². The molecule has 1 N–H and O–H groups in total. The van der Waals surface area contributed by atoms with Gasteiger partial charge in [-0.25, -0.2) is 12.8 Å². The molecule has 1 aliphatic rings. The lowest BCUT2D eigenvalue weighted by molar-refractivity contribution is -0.134. The minimum atomic E-state index is -4.17. The van der Waals surface area contributed by atoms with E-state index >= 15 is 0 Å². The number of amides is 1. The predicted molar refractivity (Wildman–Crippen MR) is 111 cm³/mol. The van der Waals surface area contributed by atoms with Crippen molar-refractivity contribution >= 4 is 27.7 Å². The second-order valence-corrected chi connectivity index (χ2v) is 9.83. The van der Waals surface area contributed by atoms with Crippen LogP contribution in [0.15, 0.2) is 33.7 Å². The predicted octanol–water partition coefficient (Wildman–Crippen LogP) is 2.32. The van der Waals surface area contributed by atoms with Gasteiger partial charge in [-0.1, -0.05) is 17.3 Å². The largest absolute Gasteiger partial charge is 0.341 e. The Hall–Kier alpha value is -1.98. The number of nitrogens with one attached hydrogen (secondary N) is 1. The second-order valence-electron chi connectivity index (χ2n) is 7.17. The maximum Gasteiger partial charge on any atom is 0.244 e. The summed E-state index contributed by atoms with van der Waals surface area (Å²) in [6.07, 6.45) is 3.51. The van der Waals surface area contributed by atoms with Crippen molar-refractivity contribution in [2.24, 2.45) is 0 Å². The topological polar surface area (TPSA) is 105 Å². The van der Waals surface area contributed by atoms with Gasteiger partial charge in [-0.05, 0) is 50.3 Å². The van der Waals surface area contributed by atoms with Crippen LogP contribution < -0.4 is 4.72 Å². The molecule has 0 bridgehead atoms. The fourth-order valence-corrected chi connectivity index (χ4v) is 5.20. The normalized spacial score (nSPS) is 16.6. The molecule has 1 fully saturated rings. The smallest absolute Gasteiger partial charge is 0.244 e. The highest BCUT2D eigenvalue weighted by Crippen LogP contribution is 2.27. The lowest BCUT2D eigenvalue weighted by Gasteiger charge is -2.33. The molecular weight excluding hydrogens is 431 g/mol. The van der Waals surface area contributed by atoms with Gasteiger partial charge < -0.3 is 9.42 Å². The summed E-state index contributed by atoms with van der Waals surface area (Å²) in [6.45, 7) is 2.67. The van der Waals surface area contributed by atoms with E-state index in [1.807, 2.05) is 6.26 Å². The molecule has 3 rings (SSSR count). The van der Waals surface area contributed by atoms with E-state index in [4.69, 9.17) is 4.52 Å². The SMILES string of the molecule is CSCCC(NS(=O)(=O)c1ccccc1F)C(=O)N1CCC(c2nc(C)no2)CC1. The van der Waals surface area contributed by atoms with Crippen LogP contribution in [0, 0.1) is 12.7 Å². The van der Waals surface area contributed by atoms with E-state index in [0.717, 1.165) is 6.07 Å². The molecule has 8 nitrogen and oxygen atoms in total. The Morgan fingerprint density at radius 1 is 1.37 bits per heavy atom. The lowest BCUT2D eigenvalue weighted by Crippen LogP contribution is -2.50. The molecule has 1 atom stereocenters. The standard InChI is InChI=1S/C19H25FN4O4S2/c1-13-21-18(28-22-13)14-7-10-24(11-8-14)19(25)16(9-12-29-2)23-30(26,27)17-6-4-3-5-15(17)20/h3-6,14,16,23H,7-12H2,1-2H3. The Labute approximate surface area is 179 Å². The van der Waals surface area contributed by atoms with E-state index in [0.29, 0.717) is 49.8 Å². The monoisotopic (exact) mass is 456 g/mol. The van der Waals surface area contributed by atoms with Crippen molar-refractivity contribution < 1.29 is 22.1 Å². The first-order valence-corrected chi connectivity index (χ1v) is 12.5. The Morgan fingerprint density at radius 2 is 2.07 bits per heavy atom. The maximum absolute atomic E-state index is 14.0. The van der Waals surface area contributed by atoms with Gasteiger partial charge in [-0.3, -0.25) is 4.79 Å². The number of aromatic nitrogens is 2. The van der Waals surface area contributed by atoms with Crippen LogP contribution in [0.2, 0.25) is 0 Å².